The highest BCUT2D eigenvalue weighted by Crippen LogP contribution is 2.21. The van der Waals surface area contributed by atoms with E-state index in [1.807, 2.05) is 30.3 Å². The van der Waals surface area contributed by atoms with Crippen LogP contribution in [0.5, 0.6) is 0 Å². The monoisotopic (exact) mass is 201 g/mol. The third-order valence-corrected chi connectivity index (χ3v) is 2.57. The third kappa shape index (κ3) is 2.16. The molecule has 1 N–H and O–H groups in total. The van der Waals surface area contributed by atoms with Gasteiger partial charge in [-0.15, -0.1) is 0 Å². The van der Waals surface area contributed by atoms with Crippen LogP contribution in [0.4, 0.5) is 0 Å². The van der Waals surface area contributed by atoms with E-state index in [1.54, 1.807) is 6.20 Å². The zero-order valence-electron chi connectivity index (χ0n) is 8.85. The van der Waals surface area contributed by atoms with Gasteiger partial charge in [0.05, 0.1) is 11.6 Å². The molecule has 15 heavy (non-hydrogen) atoms. The fraction of sp³-hybridized carbons (Fsp3) is 0.308. The number of fused-ring (bicyclic) bond motifs is 1. The zero-order chi connectivity index (χ0) is 10.7. The van der Waals surface area contributed by atoms with Crippen LogP contribution >= 0.6 is 0 Å². The molecule has 0 spiro atoms. The van der Waals surface area contributed by atoms with E-state index < -0.39 is 0 Å². The Morgan fingerprint density at radius 3 is 3.00 bits per heavy atom. The number of aliphatic hydroxyl groups is 1. The second-order valence-electron chi connectivity index (χ2n) is 3.76. The fourth-order valence-corrected chi connectivity index (χ4v) is 1.74. The summed E-state index contributed by atoms with van der Waals surface area (Å²) in [6, 6.07) is 9.87. The molecule has 2 nitrogen and oxygen atoms in total. The molecule has 2 heteroatoms. The van der Waals surface area contributed by atoms with Crippen molar-refractivity contribution < 1.29 is 5.11 Å². The van der Waals surface area contributed by atoms with E-state index in [9.17, 15) is 5.11 Å². The molecule has 1 aromatic carbocycles. The lowest BCUT2D eigenvalue weighted by molar-refractivity contribution is 0.166. The Morgan fingerprint density at radius 2 is 2.20 bits per heavy atom. The maximum Gasteiger partial charge on any atom is 0.0790 e. The number of aromatic nitrogens is 1. The van der Waals surface area contributed by atoms with Crippen LogP contribution in [-0.4, -0.2) is 10.1 Å². The maximum atomic E-state index is 9.86. The SMILES string of the molecule is CCC[C@@H](O)c1ccc2ncccc2c1. The summed E-state index contributed by atoms with van der Waals surface area (Å²) < 4.78 is 0. The topological polar surface area (TPSA) is 33.1 Å². The summed E-state index contributed by atoms with van der Waals surface area (Å²) in [7, 11) is 0. The van der Waals surface area contributed by atoms with Crippen LogP contribution in [0.2, 0.25) is 0 Å². The standard InChI is InChI=1S/C13H15NO/c1-2-4-13(15)11-6-7-12-10(9-11)5-3-8-14-12/h3,5-9,13,15H,2,4H2,1H3/t13-/m1/s1. The first-order valence-electron chi connectivity index (χ1n) is 5.34. The Kier molecular flexibility index (Phi) is 2.97. The van der Waals surface area contributed by atoms with E-state index in [2.05, 4.69) is 11.9 Å². The van der Waals surface area contributed by atoms with Crippen LogP contribution in [0.3, 0.4) is 0 Å². The molecule has 0 fully saturated rings. The fourth-order valence-electron chi connectivity index (χ4n) is 1.74. The second-order valence-corrected chi connectivity index (χ2v) is 3.76. The highest BCUT2D eigenvalue weighted by atomic mass is 16.3. The summed E-state index contributed by atoms with van der Waals surface area (Å²) in [5, 5.41) is 10.9. The molecule has 1 aromatic heterocycles. The molecule has 0 aliphatic rings. The van der Waals surface area contributed by atoms with Gasteiger partial charge in [0.25, 0.3) is 0 Å². The van der Waals surface area contributed by atoms with E-state index in [-0.39, 0.29) is 6.10 Å². The minimum absolute atomic E-state index is 0.348. The Balaban J connectivity index is 2.38. The van der Waals surface area contributed by atoms with Crippen LogP contribution < -0.4 is 0 Å². The largest absolute Gasteiger partial charge is 0.388 e. The van der Waals surface area contributed by atoms with E-state index in [4.69, 9.17) is 0 Å². The van der Waals surface area contributed by atoms with Gasteiger partial charge in [-0.1, -0.05) is 25.5 Å². The number of hydrogen-bond donors (Lipinski definition) is 1. The second kappa shape index (κ2) is 4.41. The summed E-state index contributed by atoms with van der Waals surface area (Å²) in [6.45, 7) is 2.08. The van der Waals surface area contributed by atoms with Crippen molar-refractivity contribution >= 4 is 10.9 Å². The number of hydrogen-bond acceptors (Lipinski definition) is 2. The Labute approximate surface area is 89.6 Å². The molecule has 0 unspecified atom stereocenters. The predicted molar refractivity (Wildman–Crippen MR) is 61.6 cm³/mol. The van der Waals surface area contributed by atoms with Crippen molar-refractivity contribution in [3.8, 4) is 0 Å². The number of aliphatic hydroxyl groups excluding tert-OH is 1. The van der Waals surface area contributed by atoms with Gasteiger partial charge in [0.2, 0.25) is 0 Å². The minimum atomic E-state index is -0.348. The van der Waals surface area contributed by atoms with Gasteiger partial charge in [0.15, 0.2) is 0 Å². The molecule has 0 amide bonds. The quantitative estimate of drug-likeness (QED) is 0.827. The third-order valence-electron chi connectivity index (χ3n) is 2.57. The molecule has 2 aromatic rings. The lowest BCUT2D eigenvalue weighted by Crippen LogP contribution is -1.96. The summed E-state index contributed by atoms with van der Waals surface area (Å²) in [5.74, 6) is 0. The smallest absolute Gasteiger partial charge is 0.0790 e. The molecule has 0 aliphatic carbocycles. The van der Waals surface area contributed by atoms with Crippen LogP contribution in [0.25, 0.3) is 10.9 Å². The van der Waals surface area contributed by atoms with Crippen molar-refractivity contribution in [3.63, 3.8) is 0 Å². The van der Waals surface area contributed by atoms with Gasteiger partial charge in [0.1, 0.15) is 0 Å². The van der Waals surface area contributed by atoms with E-state index in [1.165, 1.54) is 0 Å². The molecule has 78 valence electrons. The number of rotatable bonds is 3. The van der Waals surface area contributed by atoms with Crippen LogP contribution in [0.1, 0.15) is 31.4 Å². The molecular weight excluding hydrogens is 186 g/mol. The highest BCUT2D eigenvalue weighted by molar-refractivity contribution is 5.78. The first kappa shape index (κ1) is 10.1. The van der Waals surface area contributed by atoms with Gasteiger partial charge in [0, 0.05) is 11.6 Å². The van der Waals surface area contributed by atoms with E-state index >= 15 is 0 Å². The van der Waals surface area contributed by atoms with Gasteiger partial charge >= 0.3 is 0 Å². The number of pyridine rings is 1. The maximum absolute atomic E-state index is 9.86. The molecule has 0 aliphatic heterocycles. The average molecular weight is 201 g/mol. The molecule has 1 heterocycles. The Hall–Kier alpha value is -1.41. The summed E-state index contributed by atoms with van der Waals surface area (Å²) in [5.41, 5.74) is 1.96. The predicted octanol–water partition coefficient (Wildman–Crippen LogP) is 3.07. The Morgan fingerprint density at radius 1 is 1.33 bits per heavy atom. The molecule has 0 bridgehead atoms. The number of benzene rings is 1. The lowest BCUT2D eigenvalue weighted by atomic mass is 10.0. The molecule has 0 saturated carbocycles. The van der Waals surface area contributed by atoms with Crippen LogP contribution in [0.15, 0.2) is 36.5 Å². The first-order valence-corrected chi connectivity index (χ1v) is 5.34. The zero-order valence-corrected chi connectivity index (χ0v) is 8.85. The summed E-state index contributed by atoms with van der Waals surface area (Å²) >= 11 is 0. The summed E-state index contributed by atoms with van der Waals surface area (Å²) in [6.07, 6.45) is 3.24. The normalized spacial score (nSPS) is 12.9. The van der Waals surface area contributed by atoms with Crippen LogP contribution in [-0.2, 0) is 0 Å². The molecular formula is C13H15NO. The number of nitrogens with zero attached hydrogens (tertiary/aromatic N) is 1. The highest BCUT2D eigenvalue weighted by Gasteiger charge is 2.06. The van der Waals surface area contributed by atoms with Gasteiger partial charge in [-0.2, -0.15) is 0 Å². The van der Waals surface area contributed by atoms with Gasteiger partial charge in [-0.25, -0.2) is 0 Å². The molecule has 2 rings (SSSR count). The van der Waals surface area contributed by atoms with Gasteiger partial charge in [-0.05, 0) is 30.2 Å². The van der Waals surface area contributed by atoms with Crippen molar-refractivity contribution in [2.75, 3.05) is 0 Å². The molecule has 0 saturated heterocycles. The van der Waals surface area contributed by atoms with Crippen molar-refractivity contribution in [2.45, 2.75) is 25.9 Å². The van der Waals surface area contributed by atoms with Gasteiger partial charge < -0.3 is 5.11 Å². The van der Waals surface area contributed by atoms with Crippen molar-refractivity contribution in [2.24, 2.45) is 0 Å². The van der Waals surface area contributed by atoms with E-state index in [0.29, 0.717) is 0 Å². The van der Waals surface area contributed by atoms with Crippen LogP contribution in [0, 0.1) is 0 Å². The van der Waals surface area contributed by atoms with E-state index in [0.717, 1.165) is 29.3 Å². The lowest BCUT2D eigenvalue weighted by Gasteiger charge is -2.10. The van der Waals surface area contributed by atoms with Crippen molar-refractivity contribution in [1.82, 2.24) is 4.98 Å². The average Bonchev–Trinajstić information content (AvgIpc) is 2.29. The minimum Gasteiger partial charge on any atom is -0.388 e. The van der Waals surface area contributed by atoms with Crippen molar-refractivity contribution in [1.29, 1.82) is 0 Å². The Bertz CT molecular complexity index is 453. The molecule has 0 radical (unpaired) electrons. The van der Waals surface area contributed by atoms with Gasteiger partial charge in [-0.3, -0.25) is 4.98 Å². The van der Waals surface area contributed by atoms with Crippen molar-refractivity contribution in [3.05, 3.63) is 42.1 Å². The molecule has 1 atom stereocenters. The summed E-state index contributed by atoms with van der Waals surface area (Å²) in [4.78, 5) is 4.25. The first-order chi connectivity index (χ1) is 7.31.